The van der Waals surface area contributed by atoms with E-state index in [9.17, 15) is 0 Å². The maximum atomic E-state index is 4.12. The molecule has 0 N–H and O–H groups in total. The second kappa shape index (κ2) is 5.50. The lowest BCUT2D eigenvalue weighted by Crippen LogP contribution is -1.78. The second-order valence-electron chi connectivity index (χ2n) is 2.95. The second-order valence-corrected chi connectivity index (χ2v) is 2.95. The van der Waals surface area contributed by atoms with Crippen molar-refractivity contribution in [1.82, 2.24) is 19.9 Å². The molecule has 0 aliphatic rings. The van der Waals surface area contributed by atoms with E-state index < -0.39 is 0 Å². The van der Waals surface area contributed by atoms with E-state index in [0.717, 1.165) is 11.0 Å². The Morgan fingerprint density at radius 3 is 1.56 bits per heavy atom. The van der Waals surface area contributed by atoms with Crippen LogP contribution in [0.5, 0.6) is 0 Å². The van der Waals surface area contributed by atoms with Crippen LogP contribution in [0.3, 0.4) is 0 Å². The largest absolute Gasteiger partial charge is 0.253 e. The highest BCUT2D eigenvalue weighted by molar-refractivity contribution is 5.72. The van der Waals surface area contributed by atoms with Gasteiger partial charge in [-0.05, 0) is 18.2 Å². The van der Waals surface area contributed by atoms with Crippen molar-refractivity contribution in [3.8, 4) is 0 Å². The summed E-state index contributed by atoms with van der Waals surface area (Å²) in [6, 6.07) is 9.58. The predicted octanol–water partition coefficient (Wildman–Crippen LogP) is 2.11. The molecule has 0 bridgehead atoms. The van der Waals surface area contributed by atoms with Crippen molar-refractivity contribution in [2.45, 2.75) is 0 Å². The maximum Gasteiger partial charge on any atom is 0.115 e. The van der Waals surface area contributed by atoms with Crippen LogP contribution in [0.4, 0.5) is 0 Å². The quantitative estimate of drug-likeness (QED) is 0.570. The van der Waals surface area contributed by atoms with Gasteiger partial charge in [0.15, 0.2) is 0 Å². The van der Waals surface area contributed by atoms with E-state index in [-0.39, 0.29) is 0 Å². The fourth-order valence-electron chi connectivity index (χ4n) is 1.16. The molecule has 0 saturated heterocycles. The maximum absolute atomic E-state index is 4.12. The molecular weight excluding hydrogens is 200 g/mol. The first-order valence-electron chi connectivity index (χ1n) is 4.82. The SMILES string of the molecule is c1ccc2nccnc2c1.c1cncnc1. The van der Waals surface area contributed by atoms with Crippen LogP contribution >= 0.6 is 0 Å². The van der Waals surface area contributed by atoms with Gasteiger partial charge in [-0.25, -0.2) is 9.97 Å². The summed E-state index contributed by atoms with van der Waals surface area (Å²) in [6.45, 7) is 0. The van der Waals surface area contributed by atoms with Gasteiger partial charge in [-0.1, -0.05) is 12.1 Å². The lowest BCUT2D eigenvalue weighted by atomic mass is 10.3. The highest BCUT2D eigenvalue weighted by Gasteiger charge is 1.88. The molecule has 0 radical (unpaired) electrons. The summed E-state index contributed by atoms with van der Waals surface area (Å²) in [7, 11) is 0. The van der Waals surface area contributed by atoms with Crippen LogP contribution < -0.4 is 0 Å². The molecule has 16 heavy (non-hydrogen) atoms. The van der Waals surface area contributed by atoms with E-state index in [1.54, 1.807) is 30.9 Å². The van der Waals surface area contributed by atoms with Crippen molar-refractivity contribution >= 4 is 11.0 Å². The minimum Gasteiger partial charge on any atom is -0.253 e. The third kappa shape index (κ3) is 2.81. The predicted molar refractivity (Wildman–Crippen MR) is 61.6 cm³/mol. The van der Waals surface area contributed by atoms with Gasteiger partial charge in [-0.3, -0.25) is 9.97 Å². The van der Waals surface area contributed by atoms with E-state index in [4.69, 9.17) is 0 Å². The fraction of sp³-hybridized carbons (Fsp3) is 0. The Morgan fingerprint density at radius 1 is 0.625 bits per heavy atom. The molecule has 0 unspecified atom stereocenters. The minimum atomic E-state index is 0.949. The Labute approximate surface area is 93.1 Å². The molecule has 1 aromatic carbocycles. The summed E-state index contributed by atoms with van der Waals surface area (Å²) in [4.78, 5) is 15.6. The van der Waals surface area contributed by atoms with Crippen molar-refractivity contribution in [2.75, 3.05) is 0 Å². The first-order chi connectivity index (χ1) is 7.97. The highest BCUT2D eigenvalue weighted by atomic mass is 14.8. The van der Waals surface area contributed by atoms with Crippen molar-refractivity contribution in [3.05, 3.63) is 61.4 Å². The molecule has 0 spiro atoms. The number of rotatable bonds is 0. The topological polar surface area (TPSA) is 51.6 Å². The standard InChI is InChI=1S/C8H6N2.C4H4N2/c1-2-4-8-7(3-1)9-5-6-10-8;1-2-5-4-6-3-1/h1-6H;1-4H. The van der Waals surface area contributed by atoms with Crippen LogP contribution in [-0.4, -0.2) is 19.9 Å². The van der Waals surface area contributed by atoms with Crippen LogP contribution in [0.1, 0.15) is 0 Å². The van der Waals surface area contributed by atoms with Crippen molar-refractivity contribution < 1.29 is 0 Å². The first kappa shape index (κ1) is 10.2. The average molecular weight is 210 g/mol. The van der Waals surface area contributed by atoms with E-state index in [1.807, 2.05) is 24.3 Å². The highest BCUT2D eigenvalue weighted by Crippen LogP contribution is 2.04. The molecule has 3 rings (SSSR count). The van der Waals surface area contributed by atoms with Gasteiger partial charge in [-0.15, -0.1) is 0 Å². The van der Waals surface area contributed by atoms with Crippen molar-refractivity contribution in [2.24, 2.45) is 0 Å². The first-order valence-corrected chi connectivity index (χ1v) is 4.82. The van der Waals surface area contributed by atoms with Crippen LogP contribution in [0, 0.1) is 0 Å². The Kier molecular flexibility index (Phi) is 3.50. The van der Waals surface area contributed by atoms with Crippen LogP contribution in [0.15, 0.2) is 61.4 Å². The Balaban J connectivity index is 0.000000138. The van der Waals surface area contributed by atoms with Gasteiger partial charge in [0.2, 0.25) is 0 Å². The van der Waals surface area contributed by atoms with Gasteiger partial charge < -0.3 is 0 Å². The fourth-order valence-corrected chi connectivity index (χ4v) is 1.16. The number of aromatic nitrogens is 4. The molecule has 3 aromatic rings. The molecule has 0 aliphatic heterocycles. The summed E-state index contributed by atoms with van der Waals surface area (Å²) in [5, 5.41) is 0. The van der Waals surface area contributed by atoms with Crippen molar-refractivity contribution in [1.29, 1.82) is 0 Å². The van der Waals surface area contributed by atoms with E-state index in [2.05, 4.69) is 19.9 Å². The van der Waals surface area contributed by atoms with E-state index in [1.165, 1.54) is 6.33 Å². The normalized spacial score (nSPS) is 9.25. The van der Waals surface area contributed by atoms with Crippen LogP contribution in [0.25, 0.3) is 11.0 Å². The zero-order chi connectivity index (χ0) is 11.1. The molecule has 0 saturated carbocycles. The molecular formula is C12H10N4. The molecule has 78 valence electrons. The Morgan fingerprint density at radius 2 is 1.19 bits per heavy atom. The lowest BCUT2D eigenvalue weighted by molar-refractivity contribution is 1.17. The van der Waals surface area contributed by atoms with Crippen LogP contribution in [-0.2, 0) is 0 Å². The smallest absolute Gasteiger partial charge is 0.115 e. The minimum absolute atomic E-state index is 0.949. The number of fused-ring (bicyclic) bond motifs is 1. The molecule has 0 aliphatic carbocycles. The number of hydrogen-bond acceptors (Lipinski definition) is 4. The van der Waals surface area contributed by atoms with E-state index in [0.29, 0.717) is 0 Å². The molecule has 0 fully saturated rings. The molecule has 4 heteroatoms. The summed E-state index contributed by atoms with van der Waals surface area (Å²) in [6.07, 6.45) is 8.27. The van der Waals surface area contributed by atoms with Gasteiger partial charge in [0, 0.05) is 24.8 Å². The summed E-state index contributed by atoms with van der Waals surface area (Å²) in [5.41, 5.74) is 1.90. The zero-order valence-corrected chi connectivity index (χ0v) is 8.56. The number of nitrogens with zero attached hydrogens (tertiary/aromatic N) is 4. The van der Waals surface area contributed by atoms with Crippen LogP contribution in [0.2, 0.25) is 0 Å². The van der Waals surface area contributed by atoms with Gasteiger partial charge in [0.25, 0.3) is 0 Å². The molecule has 2 aromatic heterocycles. The zero-order valence-electron chi connectivity index (χ0n) is 8.56. The van der Waals surface area contributed by atoms with E-state index >= 15 is 0 Å². The average Bonchev–Trinajstić information content (AvgIpc) is 2.42. The summed E-state index contributed by atoms with van der Waals surface area (Å²) < 4.78 is 0. The van der Waals surface area contributed by atoms with Gasteiger partial charge >= 0.3 is 0 Å². The third-order valence-electron chi connectivity index (χ3n) is 1.85. The summed E-state index contributed by atoms with van der Waals surface area (Å²) in [5.74, 6) is 0. The molecule has 0 amide bonds. The Bertz CT molecular complexity index is 447. The molecule has 4 nitrogen and oxygen atoms in total. The number of benzene rings is 1. The van der Waals surface area contributed by atoms with Gasteiger partial charge in [0.05, 0.1) is 11.0 Å². The summed E-state index contributed by atoms with van der Waals surface area (Å²) >= 11 is 0. The van der Waals surface area contributed by atoms with Crippen molar-refractivity contribution in [3.63, 3.8) is 0 Å². The lowest BCUT2D eigenvalue weighted by Gasteiger charge is -1.90. The number of hydrogen-bond donors (Lipinski definition) is 0. The van der Waals surface area contributed by atoms with Gasteiger partial charge in [-0.2, -0.15) is 0 Å². The molecule has 0 atom stereocenters. The molecule has 2 heterocycles. The Hall–Kier alpha value is -2.36. The third-order valence-corrected chi connectivity index (χ3v) is 1.85. The monoisotopic (exact) mass is 210 g/mol. The number of para-hydroxylation sites is 2. The van der Waals surface area contributed by atoms with Gasteiger partial charge in [0.1, 0.15) is 6.33 Å².